The van der Waals surface area contributed by atoms with Crippen molar-refractivity contribution in [3.63, 3.8) is 0 Å². The number of aromatic nitrogens is 4. The molecule has 0 fully saturated rings. The van der Waals surface area contributed by atoms with Crippen molar-refractivity contribution >= 4 is 54.2 Å². The highest BCUT2D eigenvalue weighted by Crippen LogP contribution is 2.34. The Morgan fingerprint density at radius 3 is 1.20 bits per heavy atom. The molecule has 0 bridgehead atoms. The van der Waals surface area contributed by atoms with Gasteiger partial charge in [0.2, 0.25) is 17.7 Å². The Morgan fingerprint density at radius 1 is 0.470 bits per heavy atom. The maximum absolute atomic E-state index is 12.4. The molecule has 0 saturated carbocycles. The van der Waals surface area contributed by atoms with Crippen molar-refractivity contribution in [2.75, 3.05) is 53.9 Å². The zero-order valence-electron chi connectivity index (χ0n) is 79.1. The van der Waals surface area contributed by atoms with Crippen LogP contribution in [0.4, 0.5) is 14.4 Å². The molecule has 15 rings (SSSR count). The van der Waals surface area contributed by atoms with Crippen molar-refractivity contribution in [1.29, 1.82) is 0 Å². The molecule has 0 aliphatic carbocycles. The monoisotopic (exact) mass is 1830 g/mol. The normalized spacial score (nSPS) is 16.4. The maximum Gasteiger partial charge on any atom is 0.410 e. The van der Waals surface area contributed by atoms with Gasteiger partial charge < -0.3 is 72.9 Å². The Balaban J connectivity index is 0.000000201. The van der Waals surface area contributed by atoms with Crippen molar-refractivity contribution in [2.24, 2.45) is 10.8 Å². The van der Waals surface area contributed by atoms with Gasteiger partial charge in [-0.2, -0.15) is 24.9 Å². The SMILES string of the molecule is CCCC(=O)CN(C)C(=O)OC(C)(C)C.CCCc1cc(OCc2ccccc2)n(CC2CCc3ccccc3O2)n1.CN(CC1=NN(CC2CCc3ccccc3O2)C(=O)C1)C(=O)OC(C)(C)C.CN(Cc1cc(OCc2ccccc2)n(CC2CCc3ccccc3O2)n1)C(=O)OC(C)(C)C.Cl.NCCC1CCc2ccccc2O1.O=C=O.OCC1CCc2ccccc2O1. The summed E-state index contributed by atoms with van der Waals surface area (Å²) < 4.78 is 61.8. The van der Waals surface area contributed by atoms with E-state index >= 15 is 0 Å². The number of aryl methyl sites for hydroxylation is 6. The van der Waals surface area contributed by atoms with E-state index in [1.807, 2.05) is 185 Å². The smallest absolute Gasteiger partial charge is 0.410 e. The third kappa shape index (κ3) is 35.8. The average molecular weight is 1840 g/mol. The van der Waals surface area contributed by atoms with Gasteiger partial charge in [0.05, 0.1) is 69.4 Å². The minimum Gasteiger partial charge on any atom is -0.490 e. The first-order chi connectivity index (χ1) is 62.8. The van der Waals surface area contributed by atoms with Crippen LogP contribution in [0.15, 0.2) is 199 Å². The van der Waals surface area contributed by atoms with Gasteiger partial charge in [-0.05, 0) is 222 Å². The number of carbonyl (C=O) groups is 5. The molecule has 6 aliphatic heterocycles. The van der Waals surface area contributed by atoms with Crippen LogP contribution in [-0.2, 0) is 105 Å². The van der Waals surface area contributed by atoms with E-state index in [2.05, 4.69) is 78.8 Å². The molecule has 29 heteroatoms. The fourth-order valence-electron chi connectivity index (χ4n) is 14.8. The van der Waals surface area contributed by atoms with Gasteiger partial charge in [0.1, 0.15) is 89.3 Å². The van der Waals surface area contributed by atoms with Crippen LogP contribution in [0.3, 0.4) is 0 Å². The Hall–Kier alpha value is -12.2. The molecule has 712 valence electrons. The number of aliphatic hydroxyl groups excluding tert-OH is 1. The number of Topliss-reactive ketones (excluding diaryl/α,β-unsaturated/α-hetero) is 1. The topological polar surface area (TPSA) is 319 Å². The van der Waals surface area contributed by atoms with Crippen LogP contribution >= 0.6 is 12.4 Å². The quantitative estimate of drug-likeness (QED) is 0.0502. The lowest BCUT2D eigenvalue weighted by Gasteiger charge is -2.28. The summed E-state index contributed by atoms with van der Waals surface area (Å²) >= 11 is 0. The number of rotatable bonds is 25. The first-order valence-electron chi connectivity index (χ1n) is 45.5. The third-order valence-electron chi connectivity index (χ3n) is 21.2. The van der Waals surface area contributed by atoms with Crippen molar-refractivity contribution in [1.82, 2.24) is 39.3 Å². The van der Waals surface area contributed by atoms with Crippen LogP contribution < -0.4 is 38.9 Å². The number of amides is 4. The Labute approximate surface area is 784 Å². The molecule has 0 radical (unpaired) electrons. The highest BCUT2D eigenvalue weighted by molar-refractivity contribution is 6.06. The summed E-state index contributed by atoms with van der Waals surface area (Å²) in [6, 6.07) is 64.9. The summed E-state index contributed by atoms with van der Waals surface area (Å²) in [6.45, 7) is 24.7. The largest absolute Gasteiger partial charge is 0.490 e. The molecule has 6 aliphatic rings. The van der Waals surface area contributed by atoms with E-state index in [1.54, 1.807) is 41.9 Å². The molecule has 28 nitrogen and oxygen atoms in total. The zero-order chi connectivity index (χ0) is 94.5. The number of para-hydroxylation sites is 5. The molecule has 0 spiro atoms. The summed E-state index contributed by atoms with van der Waals surface area (Å²) in [5.41, 5.74) is 14.9. The number of ether oxygens (including phenoxy) is 10. The van der Waals surface area contributed by atoms with E-state index in [1.165, 1.54) is 47.5 Å². The van der Waals surface area contributed by atoms with Gasteiger partial charge in [-0.15, -0.1) is 12.4 Å². The summed E-state index contributed by atoms with van der Waals surface area (Å²) in [5.74, 6) is 6.27. The fraction of sp³-hybridized carbons (Fsp3) is 0.466. The van der Waals surface area contributed by atoms with Gasteiger partial charge in [0, 0.05) is 39.7 Å². The van der Waals surface area contributed by atoms with E-state index < -0.39 is 29.0 Å². The number of aliphatic hydroxyl groups is 1. The molecule has 132 heavy (non-hydrogen) atoms. The van der Waals surface area contributed by atoms with Gasteiger partial charge in [0.15, 0.2) is 5.78 Å². The van der Waals surface area contributed by atoms with E-state index in [-0.39, 0.29) is 86.9 Å². The molecule has 8 heterocycles. The molecular formula is C103H135ClN10O18. The van der Waals surface area contributed by atoms with Crippen molar-refractivity contribution in [3.8, 4) is 40.5 Å². The van der Waals surface area contributed by atoms with E-state index in [0.29, 0.717) is 70.1 Å². The number of hydrogen-bond acceptors (Lipinski definition) is 22. The summed E-state index contributed by atoms with van der Waals surface area (Å²) in [5, 5.41) is 24.3. The molecule has 5 atom stereocenters. The van der Waals surface area contributed by atoms with Crippen LogP contribution in [0.2, 0.25) is 0 Å². The van der Waals surface area contributed by atoms with Gasteiger partial charge in [0.25, 0.3) is 0 Å². The number of fused-ring (bicyclic) bond motifs is 5. The van der Waals surface area contributed by atoms with Crippen molar-refractivity contribution in [2.45, 2.75) is 259 Å². The van der Waals surface area contributed by atoms with Gasteiger partial charge in [-0.3, -0.25) is 9.59 Å². The number of hydrazone groups is 1. The van der Waals surface area contributed by atoms with Crippen LogP contribution in [-0.4, -0.2) is 187 Å². The highest BCUT2D eigenvalue weighted by atomic mass is 35.5. The van der Waals surface area contributed by atoms with Crippen LogP contribution in [0, 0.1) is 0 Å². The van der Waals surface area contributed by atoms with Crippen molar-refractivity contribution < 1.29 is 86.0 Å². The summed E-state index contributed by atoms with van der Waals surface area (Å²) in [7, 11) is 4.92. The number of ketones is 1. The standard InChI is InChI=1S/C27H33N3O4.C23H26N2O2.C20H27N3O4.C11H21NO3.C11H15NO.C10H12O2.CO2.ClH/c1-27(2,3)34-26(31)29(4)17-22-16-25(32-19-20-10-6-5-7-11-20)30(28-22)18-23-15-14-21-12-8-9-13-24(21)33-23;1-2-8-20-15-23(26-17-18-9-4-3-5-10-18)25(24-20)16-21-14-13-19-11-6-7-12-22(19)27-21;1-20(2,3)27-19(25)22(4)12-15-11-18(24)23(21-15)13-16-10-9-14-7-5-6-8-17(14)26-16;1-6-7-9(13)8-12(5)10(14)15-11(2,3)4;12-8-7-10-6-5-9-3-1-2-4-11(9)13-10;11-7-9-6-5-8-3-1-2-4-10(8)12-9;2-1-3;/h5-13,16,23H,14-15,17-19H2,1-4H3;3-7,9-12,15,21H,2,8,13-14,16-17H2,1H3;5-8,16H,9-13H2,1-4H3;6-8H2,1-5H3;1-4,10H,5-8,12H2;1-4,9,11H,5-7H2;;1H. The molecule has 2 aromatic heterocycles. The number of benzene rings is 7. The number of carbonyl (C=O) groups excluding carboxylic acids is 7. The minimum absolute atomic E-state index is 0. The van der Waals surface area contributed by atoms with Gasteiger partial charge in [-0.25, -0.2) is 28.8 Å². The van der Waals surface area contributed by atoms with E-state index in [9.17, 15) is 24.0 Å². The lowest BCUT2D eigenvalue weighted by Crippen LogP contribution is -2.37. The lowest BCUT2D eigenvalue weighted by molar-refractivity contribution is -0.191. The predicted molar refractivity (Wildman–Crippen MR) is 508 cm³/mol. The lowest BCUT2D eigenvalue weighted by atomic mass is 10.0. The van der Waals surface area contributed by atoms with E-state index in [0.717, 1.165) is 147 Å². The molecule has 3 N–H and O–H groups in total. The molecule has 7 aromatic carbocycles. The first kappa shape index (κ1) is 105. The van der Waals surface area contributed by atoms with Crippen LogP contribution in [0.1, 0.15) is 191 Å². The molecule has 4 amide bonds. The number of hydrogen-bond donors (Lipinski definition) is 2. The molecule has 5 unspecified atom stereocenters. The average Bonchev–Trinajstić information content (AvgIpc) is 1.70. The highest BCUT2D eigenvalue weighted by Gasteiger charge is 2.33. The summed E-state index contributed by atoms with van der Waals surface area (Å²) in [4.78, 5) is 80.0. The summed E-state index contributed by atoms with van der Waals surface area (Å²) in [6.07, 6.45) is 13.8. The van der Waals surface area contributed by atoms with Gasteiger partial charge >= 0.3 is 24.4 Å². The fourth-order valence-corrected chi connectivity index (χ4v) is 14.8. The second-order valence-electron chi connectivity index (χ2n) is 36.0. The molecular weight excluding hydrogens is 1700 g/mol. The van der Waals surface area contributed by atoms with Crippen molar-refractivity contribution in [3.05, 3.63) is 244 Å². The van der Waals surface area contributed by atoms with Crippen LogP contribution in [0.25, 0.3) is 0 Å². The minimum atomic E-state index is -0.556. The number of halogens is 1. The molecule has 9 aromatic rings. The number of likely N-dealkylation sites (N-methyl/N-ethyl adjacent to an activating group) is 1. The third-order valence-corrected chi connectivity index (χ3v) is 21.2. The molecule has 0 saturated heterocycles. The Bertz CT molecular complexity index is 5140. The van der Waals surface area contributed by atoms with E-state index in [4.69, 9.17) is 78.0 Å². The first-order valence-corrected chi connectivity index (χ1v) is 45.5. The second kappa shape index (κ2) is 52.7. The number of nitrogens with zero attached hydrogens (tertiary/aromatic N) is 9. The number of nitrogens with two attached hydrogens (primary N) is 1. The van der Waals surface area contributed by atoms with Gasteiger partial charge in [-0.1, -0.05) is 172 Å². The maximum atomic E-state index is 12.4. The Kier molecular flexibility index (Phi) is 42.0. The second-order valence-corrected chi connectivity index (χ2v) is 36.0. The Morgan fingerprint density at radius 2 is 0.811 bits per heavy atom. The zero-order valence-corrected chi connectivity index (χ0v) is 80.0. The predicted octanol–water partition coefficient (Wildman–Crippen LogP) is 18.0. The van der Waals surface area contributed by atoms with Crippen LogP contribution in [0.5, 0.6) is 40.5 Å².